The number of hydrogen-bond acceptors (Lipinski definition) is 6. The standard InChI is InChI=1S/C15H16N4OS/c16-5-10-21-15-12-3-1-2-4-13(12)17-14(18-15)11-19-6-8-20-9-7-19/h1-4H,6-11H2. The number of nitriles is 1. The van der Waals surface area contributed by atoms with Crippen LogP contribution in [0.5, 0.6) is 0 Å². The molecule has 0 aliphatic carbocycles. The monoisotopic (exact) mass is 300 g/mol. The maximum Gasteiger partial charge on any atom is 0.144 e. The summed E-state index contributed by atoms with van der Waals surface area (Å²) in [6.45, 7) is 4.09. The van der Waals surface area contributed by atoms with Crippen LogP contribution in [0.15, 0.2) is 29.3 Å². The van der Waals surface area contributed by atoms with Crippen LogP contribution >= 0.6 is 11.8 Å². The molecule has 21 heavy (non-hydrogen) atoms. The average Bonchev–Trinajstić information content (AvgIpc) is 2.53. The summed E-state index contributed by atoms with van der Waals surface area (Å²) in [7, 11) is 0. The first kappa shape index (κ1) is 14.3. The van der Waals surface area contributed by atoms with Crippen LogP contribution in [0.25, 0.3) is 10.9 Å². The van der Waals surface area contributed by atoms with E-state index in [2.05, 4.69) is 20.9 Å². The van der Waals surface area contributed by atoms with Gasteiger partial charge in [0.25, 0.3) is 0 Å². The predicted octanol–water partition coefficient (Wildman–Crippen LogP) is 2.08. The zero-order valence-corrected chi connectivity index (χ0v) is 12.5. The first-order chi connectivity index (χ1) is 10.4. The van der Waals surface area contributed by atoms with Crippen LogP contribution in [-0.2, 0) is 11.3 Å². The van der Waals surface area contributed by atoms with Crippen LogP contribution in [0.4, 0.5) is 0 Å². The number of fused-ring (bicyclic) bond motifs is 1. The van der Waals surface area contributed by atoms with Gasteiger partial charge in [-0.2, -0.15) is 5.26 Å². The maximum atomic E-state index is 8.79. The minimum atomic E-state index is 0.401. The third-order valence-corrected chi connectivity index (χ3v) is 4.21. The second kappa shape index (κ2) is 6.85. The highest BCUT2D eigenvalue weighted by Crippen LogP contribution is 2.25. The van der Waals surface area contributed by atoms with E-state index in [1.54, 1.807) is 0 Å². The number of nitrogens with zero attached hydrogens (tertiary/aromatic N) is 4. The second-order valence-electron chi connectivity index (χ2n) is 4.80. The Bertz CT molecular complexity index is 664. The molecule has 0 spiro atoms. The van der Waals surface area contributed by atoms with Crippen LogP contribution in [0, 0.1) is 11.3 Å². The Morgan fingerprint density at radius 2 is 2.05 bits per heavy atom. The third kappa shape index (κ3) is 3.50. The summed E-state index contributed by atoms with van der Waals surface area (Å²) in [4.78, 5) is 11.6. The molecule has 1 aliphatic heterocycles. The molecular formula is C15H16N4OS. The fraction of sp³-hybridized carbons (Fsp3) is 0.400. The quantitative estimate of drug-likeness (QED) is 0.636. The summed E-state index contributed by atoms with van der Waals surface area (Å²) in [5.74, 6) is 1.22. The Morgan fingerprint density at radius 3 is 2.86 bits per heavy atom. The molecule has 0 unspecified atom stereocenters. The third-order valence-electron chi connectivity index (χ3n) is 3.36. The van der Waals surface area contributed by atoms with Gasteiger partial charge >= 0.3 is 0 Å². The molecule has 0 N–H and O–H groups in total. The Balaban J connectivity index is 1.89. The molecule has 1 aromatic carbocycles. The molecule has 3 rings (SSSR count). The number of hydrogen-bond donors (Lipinski definition) is 0. The summed E-state index contributed by atoms with van der Waals surface area (Å²) < 4.78 is 5.36. The molecule has 108 valence electrons. The number of aromatic nitrogens is 2. The van der Waals surface area contributed by atoms with Crippen molar-refractivity contribution in [2.24, 2.45) is 0 Å². The molecule has 0 radical (unpaired) electrons. The van der Waals surface area contributed by atoms with E-state index in [4.69, 9.17) is 10.00 Å². The first-order valence-electron chi connectivity index (χ1n) is 6.92. The fourth-order valence-corrected chi connectivity index (χ4v) is 3.03. The van der Waals surface area contributed by atoms with Gasteiger partial charge in [0.1, 0.15) is 10.9 Å². The minimum absolute atomic E-state index is 0.401. The summed E-state index contributed by atoms with van der Waals surface area (Å²) in [6, 6.07) is 10.1. The highest BCUT2D eigenvalue weighted by atomic mass is 32.2. The molecular weight excluding hydrogens is 284 g/mol. The van der Waals surface area contributed by atoms with E-state index in [1.165, 1.54) is 11.8 Å². The highest BCUT2D eigenvalue weighted by Gasteiger charge is 2.14. The molecule has 0 bridgehead atoms. The minimum Gasteiger partial charge on any atom is -0.379 e. The number of benzene rings is 1. The molecule has 2 aromatic rings. The van der Waals surface area contributed by atoms with Crippen LogP contribution in [0.1, 0.15) is 5.82 Å². The molecule has 1 aliphatic rings. The van der Waals surface area contributed by atoms with Crippen molar-refractivity contribution in [3.05, 3.63) is 30.1 Å². The van der Waals surface area contributed by atoms with Crippen LogP contribution in [-0.4, -0.2) is 46.9 Å². The molecule has 6 heteroatoms. The van der Waals surface area contributed by atoms with Crippen molar-refractivity contribution in [1.29, 1.82) is 5.26 Å². The average molecular weight is 300 g/mol. The van der Waals surface area contributed by atoms with Gasteiger partial charge in [-0.15, -0.1) is 0 Å². The normalized spacial score (nSPS) is 16.0. The van der Waals surface area contributed by atoms with Crippen molar-refractivity contribution >= 4 is 22.7 Å². The Hall–Kier alpha value is -1.68. The van der Waals surface area contributed by atoms with E-state index >= 15 is 0 Å². The van der Waals surface area contributed by atoms with Gasteiger partial charge in [0.15, 0.2) is 0 Å². The molecule has 0 atom stereocenters. The summed E-state index contributed by atoms with van der Waals surface area (Å²) in [6.07, 6.45) is 0. The molecule has 1 aromatic heterocycles. The number of morpholine rings is 1. The van der Waals surface area contributed by atoms with E-state index in [9.17, 15) is 0 Å². The lowest BCUT2D eigenvalue weighted by Gasteiger charge is -2.25. The van der Waals surface area contributed by atoms with Gasteiger partial charge in [0.2, 0.25) is 0 Å². The summed E-state index contributed by atoms with van der Waals surface area (Å²) in [5, 5.41) is 10.7. The fourth-order valence-electron chi connectivity index (χ4n) is 2.33. The largest absolute Gasteiger partial charge is 0.379 e. The maximum absolute atomic E-state index is 8.79. The Kier molecular flexibility index (Phi) is 4.65. The van der Waals surface area contributed by atoms with Crippen LogP contribution in [0.2, 0.25) is 0 Å². The molecule has 2 heterocycles. The van der Waals surface area contributed by atoms with Gasteiger partial charge in [-0.3, -0.25) is 4.90 Å². The van der Waals surface area contributed by atoms with Crippen molar-refractivity contribution in [1.82, 2.24) is 14.9 Å². The van der Waals surface area contributed by atoms with Crippen molar-refractivity contribution in [3.8, 4) is 6.07 Å². The number of para-hydroxylation sites is 1. The lowest BCUT2D eigenvalue weighted by Crippen LogP contribution is -2.36. The molecule has 0 amide bonds. The Morgan fingerprint density at radius 1 is 1.24 bits per heavy atom. The zero-order valence-electron chi connectivity index (χ0n) is 11.7. The van der Waals surface area contributed by atoms with Crippen molar-refractivity contribution in [2.45, 2.75) is 11.6 Å². The molecule has 0 saturated carbocycles. The zero-order chi connectivity index (χ0) is 14.5. The molecule has 1 saturated heterocycles. The van der Waals surface area contributed by atoms with E-state index in [0.29, 0.717) is 5.75 Å². The van der Waals surface area contributed by atoms with Gasteiger partial charge in [-0.1, -0.05) is 30.0 Å². The molecule has 5 nitrogen and oxygen atoms in total. The SMILES string of the molecule is N#CCSc1nc(CN2CCOCC2)nc2ccccc12. The number of ether oxygens (including phenoxy) is 1. The summed E-state index contributed by atoms with van der Waals surface area (Å²) in [5.41, 5.74) is 0.941. The van der Waals surface area contributed by atoms with Crippen molar-refractivity contribution in [3.63, 3.8) is 0 Å². The van der Waals surface area contributed by atoms with Crippen LogP contribution < -0.4 is 0 Å². The van der Waals surface area contributed by atoms with Crippen molar-refractivity contribution in [2.75, 3.05) is 32.1 Å². The van der Waals surface area contributed by atoms with Gasteiger partial charge in [-0.25, -0.2) is 9.97 Å². The number of thioether (sulfide) groups is 1. The smallest absolute Gasteiger partial charge is 0.144 e. The first-order valence-corrected chi connectivity index (χ1v) is 7.91. The van der Waals surface area contributed by atoms with Gasteiger partial charge < -0.3 is 4.74 Å². The van der Waals surface area contributed by atoms with Crippen LogP contribution in [0.3, 0.4) is 0 Å². The predicted molar refractivity (Wildman–Crippen MR) is 82.0 cm³/mol. The van der Waals surface area contributed by atoms with Gasteiger partial charge in [0.05, 0.1) is 37.1 Å². The van der Waals surface area contributed by atoms with E-state index in [1.807, 2.05) is 24.3 Å². The van der Waals surface area contributed by atoms with E-state index in [0.717, 1.165) is 54.6 Å². The van der Waals surface area contributed by atoms with E-state index in [-0.39, 0.29) is 0 Å². The van der Waals surface area contributed by atoms with E-state index < -0.39 is 0 Å². The lowest BCUT2D eigenvalue weighted by molar-refractivity contribution is 0.0330. The molecule has 1 fully saturated rings. The summed E-state index contributed by atoms with van der Waals surface area (Å²) >= 11 is 1.47. The lowest BCUT2D eigenvalue weighted by atomic mass is 10.2. The van der Waals surface area contributed by atoms with Gasteiger partial charge in [-0.05, 0) is 6.07 Å². The number of rotatable bonds is 4. The van der Waals surface area contributed by atoms with Crippen molar-refractivity contribution < 1.29 is 4.74 Å². The highest BCUT2D eigenvalue weighted by molar-refractivity contribution is 7.99. The topological polar surface area (TPSA) is 62.0 Å². The Labute approximate surface area is 127 Å². The second-order valence-corrected chi connectivity index (χ2v) is 5.76. The van der Waals surface area contributed by atoms with Gasteiger partial charge in [0, 0.05) is 18.5 Å².